The van der Waals surface area contributed by atoms with E-state index < -0.39 is 0 Å². The molecule has 0 aromatic heterocycles. The van der Waals surface area contributed by atoms with E-state index in [4.69, 9.17) is 4.74 Å². The van der Waals surface area contributed by atoms with Crippen molar-refractivity contribution in [2.45, 2.75) is 19.0 Å². The van der Waals surface area contributed by atoms with Crippen LogP contribution >= 0.6 is 28.3 Å². The lowest BCUT2D eigenvalue weighted by Gasteiger charge is -2.24. The van der Waals surface area contributed by atoms with Gasteiger partial charge in [0.15, 0.2) is 0 Å². The molecule has 0 amide bonds. The smallest absolute Gasteiger partial charge is 0.323 e. The molecule has 1 aromatic carbocycles. The van der Waals surface area contributed by atoms with Gasteiger partial charge in [-0.15, -0.1) is 12.4 Å². The highest BCUT2D eigenvalue weighted by Gasteiger charge is 2.24. The number of rotatable bonds is 1. The Morgan fingerprint density at radius 2 is 2.25 bits per heavy atom. The van der Waals surface area contributed by atoms with Gasteiger partial charge in [0.25, 0.3) is 0 Å². The average molecular weight is 307 g/mol. The number of ether oxygens (including phenoxy) is 1. The van der Waals surface area contributed by atoms with Gasteiger partial charge in [-0.25, -0.2) is 0 Å². The highest BCUT2D eigenvalue weighted by molar-refractivity contribution is 9.10. The van der Waals surface area contributed by atoms with Gasteiger partial charge in [-0.2, -0.15) is 0 Å². The van der Waals surface area contributed by atoms with Crippen molar-refractivity contribution in [1.82, 2.24) is 5.32 Å². The molecule has 0 radical (unpaired) electrons. The molecule has 1 aliphatic heterocycles. The predicted octanol–water partition coefficient (Wildman–Crippen LogP) is 2.06. The van der Waals surface area contributed by atoms with Crippen LogP contribution in [0.15, 0.2) is 22.7 Å². The summed E-state index contributed by atoms with van der Waals surface area (Å²) in [4.78, 5) is 11.4. The molecule has 0 spiro atoms. The van der Waals surface area contributed by atoms with Gasteiger partial charge in [-0.05, 0) is 29.7 Å². The van der Waals surface area contributed by atoms with Crippen LogP contribution in [0.3, 0.4) is 0 Å². The largest absolute Gasteiger partial charge is 0.468 e. The maximum absolute atomic E-state index is 11.4. The summed E-state index contributed by atoms with van der Waals surface area (Å²) in [7, 11) is 1.42. The van der Waals surface area contributed by atoms with E-state index in [1.165, 1.54) is 18.2 Å². The molecule has 1 atom stereocenters. The number of benzene rings is 1. The monoisotopic (exact) mass is 305 g/mol. The summed E-state index contributed by atoms with van der Waals surface area (Å²) in [5.41, 5.74) is 2.46. The third-order valence-corrected chi connectivity index (χ3v) is 3.11. The molecule has 0 fully saturated rings. The average Bonchev–Trinajstić information content (AvgIpc) is 2.27. The van der Waals surface area contributed by atoms with Gasteiger partial charge in [-0.1, -0.05) is 22.0 Å². The number of halogens is 2. The molecule has 1 aromatic rings. The van der Waals surface area contributed by atoms with Crippen molar-refractivity contribution in [2.24, 2.45) is 0 Å². The molecule has 1 aliphatic rings. The van der Waals surface area contributed by atoms with Gasteiger partial charge in [0, 0.05) is 11.0 Å². The number of esters is 1. The molecule has 0 saturated carbocycles. The van der Waals surface area contributed by atoms with Crippen LogP contribution in [0.5, 0.6) is 0 Å². The lowest BCUT2D eigenvalue weighted by molar-refractivity contribution is -0.143. The van der Waals surface area contributed by atoms with E-state index in [-0.39, 0.29) is 24.4 Å². The predicted molar refractivity (Wildman–Crippen MR) is 67.7 cm³/mol. The number of hydrogen-bond donors (Lipinski definition) is 1. The minimum absolute atomic E-state index is 0. The Morgan fingerprint density at radius 1 is 1.50 bits per heavy atom. The quantitative estimate of drug-likeness (QED) is 0.807. The van der Waals surface area contributed by atoms with Crippen LogP contribution in [0.4, 0.5) is 0 Å². The fourth-order valence-corrected chi connectivity index (χ4v) is 2.20. The van der Waals surface area contributed by atoms with Crippen LogP contribution in [0, 0.1) is 0 Å². The van der Waals surface area contributed by atoms with Gasteiger partial charge in [0.05, 0.1) is 7.11 Å². The first-order valence-corrected chi connectivity index (χ1v) is 5.58. The Morgan fingerprint density at radius 3 is 2.94 bits per heavy atom. The molecule has 16 heavy (non-hydrogen) atoms. The van der Waals surface area contributed by atoms with Crippen molar-refractivity contribution in [3.63, 3.8) is 0 Å². The van der Waals surface area contributed by atoms with Crippen molar-refractivity contribution in [1.29, 1.82) is 0 Å². The fraction of sp³-hybridized carbons (Fsp3) is 0.364. The van der Waals surface area contributed by atoms with Crippen LogP contribution in [0.1, 0.15) is 11.1 Å². The topological polar surface area (TPSA) is 38.3 Å². The molecule has 5 heteroatoms. The number of carbonyl (C=O) groups excluding carboxylic acids is 1. The van der Waals surface area contributed by atoms with Crippen molar-refractivity contribution >= 4 is 34.3 Å². The minimum Gasteiger partial charge on any atom is -0.468 e. The summed E-state index contributed by atoms with van der Waals surface area (Å²) in [6, 6.07) is 5.93. The highest BCUT2D eigenvalue weighted by Crippen LogP contribution is 2.21. The molecular weight excluding hydrogens is 293 g/mol. The van der Waals surface area contributed by atoms with Crippen molar-refractivity contribution in [2.75, 3.05) is 7.11 Å². The highest BCUT2D eigenvalue weighted by atomic mass is 79.9. The Hall–Kier alpha value is -0.580. The maximum Gasteiger partial charge on any atom is 0.323 e. The molecule has 88 valence electrons. The molecule has 1 heterocycles. The minimum atomic E-state index is -0.211. The Labute approximate surface area is 109 Å². The first-order chi connectivity index (χ1) is 7.20. The summed E-state index contributed by atoms with van der Waals surface area (Å²) >= 11 is 3.43. The van der Waals surface area contributed by atoms with Crippen molar-refractivity contribution in [3.8, 4) is 0 Å². The van der Waals surface area contributed by atoms with E-state index in [1.807, 2.05) is 6.07 Å². The van der Waals surface area contributed by atoms with E-state index in [0.717, 1.165) is 11.0 Å². The van der Waals surface area contributed by atoms with Gasteiger partial charge >= 0.3 is 5.97 Å². The lowest BCUT2D eigenvalue weighted by atomic mass is 9.96. The summed E-state index contributed by atoms with van der Waals surface area (Å²) in [5.74, 6) is -0.194. The van der Waals surface area contributed by atoms with E-state index in [9.17, 15) is 4.79 Å². The zero-order chi connectivity index (χ0) is 10.8. The van der Waals surface area contributed by atoms with Crippen LogP contribution < -0.4 is 5.32 Å². The SMILES string of the molecule is COC(=O)[C@H]1Cc2cc(Br)ccc2CN1.Cl. The molecule has 0 aliphatic carbocycles. The van der Waals surface area contributed by atoms with Crippen molar-refractivity contribution < 1.29 is 9.53 Å². The number of carbonyl (C=O) groups is 1. The first-order valence-electron chi connectivity index (χ1n) is 4.79. The summed E-state index contributed by atoms with van der Waals surface area (Å²) in [6.45, 7) is 0.725. The van der Waals surface area contributed by atoms with Crippen LogP contribution in [0.25, 0.3) is 0 Å². The molecule has 2 rings (SSSR count). The summed E-state index contributed by atoms with van der Waals surface area (Å²) < 4.78 is 5.77. The number of nitrogens with one attached hydrogen (secondary N) is 1. The van der Waals surface area contributed by atoms with Crippen molar-refractivity contribution in [3.05, 3.63) is 33.8 Å². The van der Waals surface area contributed by atoms with Gasteiger partial charge in [0.2, 0.25) is 0 Å². The molecule has 0 saturated heterocycles. The number of methoxy groups -OCH3 is 1. The molecule has 1 N–H and O–H groups in total. The fourth-order valence-electron chi connectivity index (χ4n) is 1.79. The zero-order valence-electron chi connectivity index (χ0n) is 8.83. The van der Waals surface area contributed by atoms with E-state index in [0.29, 0.717) is 6.42 Å². The first kappa shape index (κ1) is 13.5. The van der Waals surface area contributed by atoms with Gasteiger partial charge < -0.3 is 10.1 Å². The number of hydrogen-bond acceptors (Lipinski definition) is 3. The second kappa shape index (κ2) is 5.66. The second-order valence-electron chi connectivity index (χ2n) is 3.57. The molecular formula is C11H13BrClNO2. The summed E-state index contributed by atoms with van der Waals surface area (Å²) in [5, 5.41) is 3.16. The maximum atomic E-state index is 11.4. The molecule has 0 unspecified atom stereocenters. The van der Waals surface area contributed by atoms with E-state index in [1.54, 1.807) is 0 Å². The lowest BCUT2D eigenvalue weighted by Crippen LogP contribution is -2.42. The van der Waals surface area contributed by atoms with Gasteiger partial charge in [-0.3, -0.25) is 4.79 Å². The summed E-state index contributed by atoms with van der Waals surface area (Å²) in [6.07, 6.45) is 0.696. The standard InChI is InChI=1S/C11H12BrNO2.ClH/c1-15-11(14)10-5-8-4-9(12)3-2-7(8)6-13-10;/h2-4,10,13H,5-6H2,1H3;1H/t10-;/m1./s1. The molecule has 0 bridgehead atoms. The third kappa shape index (κ3) is 2.75. The third-order valence-electron chi connectivity index (χ3n) is 2.62. The Kier molecular flexibility index (Phi) is 4.77. The van der Waals surface area contributed by atoms with Crippen LogP contribution in [0.2, 0.25) is 0 Å². The van der Waals surface area contributed by atoms with Gasteiger partial charge in [0.1, 0.15) is 6.04 Å². The Balaban J connectivity index is 0.00000128. The van der Waals surface area contributed by atoms with Crippen LogP contribution in [-0.4, -0.2) is 19.1 Å². The van der Waals surface area contributed by atoms with E-state index >= 15 is 0 Å². The number of fused-ring (bicyclic) bond motifs is 1. The zero-order valence-corrected chi connectivity index (χ0v) is 11.2. The van der Waals surface area contributed by atoms with E-state index in [2.05, 4.69) is 33.4 Å². The molecule has 3 nitrogen and oxygen atoms in total. The Bertz CT molecular complexity index is 398. The normalized spacial score (nSPS) is 18.2. The van der Waals surface area contributed by atoms with Crippen LogP contribution in [-0.2, 0) is 22.5 Å². The second-order valence-corrected chi connectivity index (χ2v) is 4.49.